The molecular weight excluding hydrogens is 351 g/mol. The van der Waals surface area contributed by atoms with E-state index in [1.165, 1.54) is 12.1 Å². The molecule has 0 radical (unpaired) electrons. The van der Waals surface area contributed by atoms with Gasteiger partial charge in [0.05, 0.1) is 17.4 Å². The van der Waals surface area contributed by atoms with E-state index in [1.807, 2.05) is 0 Å². The minimum absolute atomic E-state index is 0.190. The number of halogens is 1. The van der Waals surface area contributed by atoms with Crippen LogP contribution in [0, 0.1) is 28.5 Å². The molecule has 0 bridgehead atoms. The van der Waals surface area contributed by atoms with Gasteiger partial charge in [-0.1, -0.05) is 6.07 Å². The smallest absolute Gasteiger partial charge is 0.407 e. The lowest BCUT2D eigenvalue weighted by atomic mass is 10.2. The van der Waals surface area contributed by atoms with Crippen LogP contribution in [0.2, 0.25) is 0 Å². The Labute approximate surface area is 157 Å². The zero-order chi connectivity index (χ0) is 20.0. The van der Waals surface area contributed by atoms with Crippen molar-refractivity contribution >= 4 is 23.2 Å². The molecule has 0 aliphatic carbocycles. The van der Waals surface area contributed by atoms with Crippen LogP contribution in [0.5, 0.6) is 0 Å². The summed E-state index contributed by atoms with van der Waals surface area (Å²) in [4.78, 5) is 13.7. The van der Waals surface area contributed by atoms with E-state index in [9.17, 15) is 9.18 Å². The minimum Gasteiger partial charge on any atom is -0.444 e. The van der Waals surface area contributed by atoms with Crippen molar-refractivity contribution in [2.45, 2.75) is 38.8 Å². The topological polar surface area (TPSA) is 114 Å². The first kappa shape index (κ1) is 20.0. The van der Waals surface area contributed by atoms with Gasteiger partial charge in [-0.05, 0) is 39.3 Å². The maximum Gasteiger partial charge on any atom is 0.407 e. The number of anilines is 2. The van der Waals surface area contributed by atoms with Crippen LogP contribution < -0.4 is 15.6 Å². The van der Waals surface area contributed by atoms with Crippen LogP contribution in [0.25, 0.3) is 0 Å². The number of rotatable bonds is 4. The number of nitrogens with zero attached hydrogens (tertiary/aromatic N) is 4. The van der Waals surface area contributed by atoms with E-state index in [0.29, 0.717) is 25.2 Å². The molecule has 27 heavy (non-hydrogen) atoms. The van der Waals surface area contributed by atoms with Gasteiger partial charge in [-0.15, -0.1) is 0 Å². The summed E-state index contributed by atoms with van der Waals surface area (Å²) in [7, 11) is 0. The monoisotopic (exact) mass is 372 g/mol. The fourth-order valence-electron chi connectivity index (χ4n) is 2.67. The van der Waals surface area contributed by atoms with Crippen molar-refractivity contribution < 1.29 is 13.9 Å². The first-order valence-corrected chi connectivity index (χ1v) is 8.40. The average Bonchev–Trinajstić information content (AvgIpc) is 3.01. The van der Waals surface area contributed by atoms with E-state index < -0.39 is 17.5 Å². The number of hydrazone groups is 1. The third-order valence-electron chi connectivity index (χ3n) is 3.71. The molecule has 0 saturated carbocycles. The predicted octanol–water partition coefficient (Wildman–Crippen LogP) is 2.74. The molecule has 1 aliphatic heterocycles. The van der Waals surface area contributed by atoms with Gasteiger partial charge < -0.3 is 15.0 Å². The van der Waals surface area contributed by atoms with Crippen LogP contribution in [0.1, 0.15) is 27.2 Å². The second-order valence-corrected chi connectivity index (χ2v) is 7.01. The van der Waals surface area contributed by atoms with E-state index in [1.54, 1.807) is 43.9 Å². The second kappa shape index (κ2) is 8.37. The average molecular weight is 372 g/mol. The number of nitrogens with one attached hydrogen (secondary N) is 2. The lowest BCUT2D eigenvalue weighted by Crippen LogP contribution is -2.40. The van der Waals surface area contributed by atoms with Crippen LogP contribution in [0.3, 0.4) is 0 Å². The van der Waals surface area contributed by atoms with Gasteiger partial charge in [-0.2, -0.15) is 15.6 Å². The molecule has 1 saturated heterocycles. The van der Waals surface area contributed by atoms with Gasteiger partial charge in [-0.25, -0.2) is 9.18 Å². The largest absolute Gasteiger partial charge is 0.444 e. The molecule has 1 aromatic rings. The molecule has 9 heteroatoms. The summed E-state index contributed by atoms with van der Waals surface area (Å²) in [5.41, 5.74) is 2.21. The number of hydrogen-bond donors (Lipinski definition) is 2. The summed E-state index contributed by atoms with van der Waals surface area (Å²) in [6.45, 7) is 6.25. The van der Waals surface area contributed by atoms with Crippen molar-refractivity contribution in [1.29, 1.82) is 10.5 Å². The summed E-state index contributed by atoms with van der Waals surface area (Å²) in [5, 5.41) is 24.0. The zero-order valence-corrected chi connectivity index (χ0v) is 15.4. The summed E-state index contributed by atoms with van der Waals surface area (Å²) in [5.74, 6) is -0.469. The predicted molar refractivity (Wildman–Crippen MR) is 98.7 cm³/mol. The Hall–Kier alpha value is -3.33. The Morgan fingerprint density at radius 1 is 1.37 bits per heavy atom. The van der Waals surface area contributed by atoms with Gasteiger partial charge in [0.2, 0.25) is 5.71 Å². The Morgan fingerprint density at radius 3 is 2.70 bits per heavy atom. The molecule has 2 N–H and O–H groups in total. The third kappa shape index (κ3) is 5.58. The van der Waals surface area contributed by atoms with Crippen molar-refractivity contribution in [1.82, 2.24) is 5.32 Å². The SMILES string of the molecule is CC(C)(C)OC(=O)NC1CCN(c2c(F)cccc2NN=C(C#N)C#N)C1. The van der Waals surface area contributed by atoms with E-state index in [2.05, 4.69) is 15.8 Å². The van der Waals surface area contributed by atoms with Crippen molar-refractivity contribution in [3.8, 4) is 12.1 Å². The van der Waals surface area contributed by atoms with Crippen molar-refractivity contribution in [2.75, 3.05) is 23.4 Å². The number of para-hydroxylation sites is 1. The molecule has 0 aromatic heterocycles. The highest BCUT2D eigenvalue weighted by Crippen LogP contribution is 2.32. The number of alkyl carbamates (subject to hydrolysis) is 1. The van der Waals surface area contributed by atoms with Crippen molar-refractivity contribution in [3.05, 3.63) is 24.0 Å². The summed E-state index contributed by atoms with van der Waals surface area (Å²) in [6.07, 6.45) is 0.108. The number of carbonyl (C=O) groups is 1. The molecule has 1 atom stereocenters. The van der Waals surface area contributed by atoms with E-state index >= 15 is 0 Å². The number of ether oxygens (including phenoxy) is 1. The van der Waals surface area contributed by atoms with Crippen LogP contribution in [0.4, 0.5) is 20.6 Å². The number of amides is 1. The highest BCUT2D eigenvalue weighted by molar-refractivity contribution is 6.10. The van der Waals surface area contributed by atoms with Gasteiger partial charge in [-0.3, -0.25) is 5.43 Å². The van der Waals surface area contributed by atoms with Crippen LogP contribution in [0.15, 0.2) is 23.3 Å². The fourth-order valence-corrected chi connectivity index (χ4v) is 2.67. The normalized spacial score (nSPS) is 16.1. The van der Waals surface area contributed by atoms with E-state index in [-0.39, 0.29) is 17.4 Å². The molecule has 0 spiro atoms. The molecule has 1 amide bonds. The van der Waals surface area contributed by atoms with E-state index in [0.717, 1.165) is 0 Å². The highest BCUT2D eigenvalue weighted by atomic mass is 19.1. The maximum absolute atomic E-state index is 14.4. The quantitative estimate of drug-likeness (QED) is 0.620. The van der Waals surface area contributed by atoms with Gasteiger partial charge in [0.25, 0.3) is 0 Å². The molecule has 1 heterocycles. The molecule has 1 fully saturated rings. The molecule has 1 unspecified atom stereocenters. The molecule has 8 nitrogen and oxygen atoms in total. The molecule has 1 aromatic carbocycles. The Kier molecular flexibility index (Phi) is 6.19. The van der Waals surface area contributed by atoms with Gasteiger partial charge in [0.15, 0.2) is 0 Å². The lowest BCUT2D eigenvalue weighted by Gasteiger charge is -2.23. The first-order chi connectivity index (χ1) is 12.7. The standard InChI is InChI=1S/C18H21FN6O2/c1-18(2,3)27-17(26)22-12-7-8-25(11-12)16-14(19)5-4-6-15(16)24-23-13(9-20)10-21/h4-6,12,24H,7-8,11H2,1-3H3,(H,22,26). The number of carbonyl (C=O) groups excluding carboxylic acids is 1. The highest BCUT2D eigenvalue weighted by Gasteiger charge is 2.29. The van der Waals surface area contributed by atoms with Gasteiger partial charge in [0.1, 0.15) is 23.6 Å². The van der Waals surface area contributed by atoms with E-state index in [4.69, 9.17) is 15.3 Å². The van der Waals surface area contributed by atoms with Crippen LogP contribution in [-0.2, 0) is 4.74 Å². The van der Waals surface area contributed by atoms with Crippen LogP contribution >= 0.6 is 0 Å². The second-order valence-electron chi connectivity index (χ2n) is 7.01. The minimum atomic E-state index is -0.595. The number of nitriles is 2. The molecule has 1 aliphatic rings. The third-order valence-corrected chi connectivity index (χ3v) is 3.71. The molecular formula is C18H21FN6O2. The fraction of sp³-hybridized carbons (Fsp3) is 0.444. The number of benzene rings is 1. The molecule has 142 valence electrons. The van der Waals surface area contributed by atoms with Gasteiger partial charge in [0, 0.05) is 13.1 Å². The van der Waals surface area contributed by atoms with Crippen LogP contribution in [-0.4, -0.2) is 36.5 Å². The Bertz CT molecular complexity index is 803. The summed E-state index contributed by atoms with van der Waals surface area (Å²) in [6, 6.07) is 7.49. The van der Waals surface area contributed by atoms with Crippen molar-refractivity contribution in [2.24, 2.45) is 5.10 Å². The Balaban J connectivity index is 2.11. The molecule has 2 rings (SSSR count). The maximum atomic E-state index is 14.4. The zero-order valence-electron chi connectivity index (χ0n) is 15.4. The van der Waals surface area contributed by atoms with Gasteiger partial charge >= 0.3 is 6.09 Å². The summed E-state index contributed by atoms with van der Waals surface area (Å²) >= 11 is 0. The lowest BCUT2D eigenvalue weighted by molar-refractivity contribution is 0.0509. The number of hydrogen-bond acceptors (Lipinski definition) is 7. The summed E-state index contributed by atoms with van der Waals surface area (Å²) < 4.78 is 19.7. The first-order valence-electron chi connectivity index (χ1n) is 8.40. The van der Waals surface area contributed by atoms with Crippen molar-refractivity contribution in [3.63, 3.8) is 0 Å². The Morgan fingerprint density at radius 2 is 2.07 bits per heavy atom.